The summed E-state index contributed by atoms with van der Waals surface area (Å²) in [5, 5.41) is 31.1. The van der Waals surface area contributed by atoms with Gasteiger partial charge < -0.3 is 24.8 Å². The molecule has 3 rings (SSSR count). The molecule has 0 bridgehead atoms. The highest BCUT2D eigenvalue weighted by Crippen LogP contribution is 2.34. The first-order chi connectivity index (χ1) is 12.9. The van der Waals surface area contributed by atoms with Gasteiger partial charge in [-0.05, 0) is 41.3 Å². The molecule has 5 nitrogen and oxygen atoms in total. The second-order valence-electron chi connectivity index (χ2n) is 6.63. The summed E-state index contributed by atoms with van der Waals surface area (Å²) in [6, 6.07) is 13.1. The summed E-state index contributed by atoms with van der Waals surface area (Å²) in [7, 11) is 1.62. The zero-order chi connectivity index (χ0) is 19.6. The molecule has 7 heteroatoms. The van der Waals surface area contributed by atoms with Crippen molar-refractivity contribution in [2.75, 3.05) is 12.9 Å². The summed E-state index contributed by atoms with van der Waals surface area (Å²) < 4.78 is 11.0. The van der Waals surface area contributed by atoms with Crippen molar-refractivity contribution in [1.29, 1.82) is 0 Å². The fourth-order valence-electron chi connectivity index (χ4n) is 3.25. The molecule has 0 saturated carbocycles. The second-order valence-corrected chi connectivity index (χ2v) is 7.40. The van der Waals surface area contributed by atoms with E-state index in [9.17, 15) is 15.3 Å². The number of halogens is 1. The highest BCUT2D eigenvalue weighted by Gasteiger charge is 2.43. The highest BCUT2D eigenvalue weighted by molar-refractivity contribution is 7.80. The summed E-state index contributed by atoms with van der Waals surface area (Å²) >= 11 is 10.5. The van der Waals surface area contributed by atoms with Crippen LogP contribution in [0.3, 0.4) is 0 Å². The van der Waals surface area contributed by atoms with Crippen molar-refractivity contribution in [3.05, 3.63) is 64.2 Å². The molecule has 0 spiro atoms. The van der Waals surface area contributed by atoms with Crippen LogP contribution in [0.25, 0.3) is 0 Å². The monoisotopic (exact) mass is 410 g/mol. The van der Waals surface area contributed by atoms with E-state index in [4.69, 9.17) is 21.1 Å². The Morgan fingerprint density at radius 2 is 1.74 bits per heavy atom. The van der Waals surface area contributed by atoms with E-state index in [0.29, 0.717) is 17.0 Å². The molecule has 0 amide bonds. The Balaban J connectivity index is 1.85. The van der Waals surface area contributed by atoms with E-state index in [1.807, 2.05) is 30.3 Å². The van der Waals surface area contributed by atoms with Crippen LogP contribution in [0.1, 0.15) is 22.8 Å². The van der Waals surface area contributed by atoms with Crippen molar-refractivity contribution in [2.45, 2.75) is 36.9 Å². The van der Waals surface area contributed by atoms with Gasteiger partial charge in [0.05, 0.1) is 13.2 Å². The van der Waals surface area contributed by atoms with Gasteiger partial charge in [0.1, 0.15) is 30.2 Å². The number of aliphatic hydroxyl groups is 3. The molecule has 1 fully saturated rings. The molecule has 1 aliphatic heterocycles. The quantitative estimate of drug-likeness (QED) is 0.569. The average Bonchev–Trinajstić information content (AvgIpc) is 2.69. The third-order valence-electron chi connectivity index (χ3n) is 4.84. The fourth-order valence-corrected chi connectivity index (χ4v) is 3.73. The van der Waals surface area contributed by atoms with E-state index in [2.05, 4.69) is 12.6 Å². The number of thiol groups is 1. The molecule has 146 valence electrons. The molecule has 2 aromatic rings. The van der Waals surface area contributed by atoms with Crippen molar-refractivity contribution in [3.8, 4) is 5.75 Å². The van der Waals surface area contributed by atoms with E-state index < -0.39 is 30.5 Å². The minimum absolute atomic E-state index is 0.230. The lowest BCUT2D eigenvalue weighted by Gasteiger charge is -2.40. The van der Waals surface area contributed by atoms with Gasteiger partial charge in [-0.2, -0.15) is 12.6 Å². The predicted octanol–water partition coefficient (Wildman–Crippen LogP) is 2.39. The minimum atomic E-state index is -1.30. The molecule has 1 aliphatic rings. The van der Waals surface area contributed by atoms with Gasteiger partial charge in [0.15, 0.2) is 0 Å². The van der Waals surface area contributed by atoms with Gasteiger partial charge in [-0.1, -0.05) is 35.9 Å². The lowest BCUT2D eigenvalue weighted by molar-refractivity contribution is -0.218. The third kappa shape index (κ3) is 4.42. The van der Waals surface area contributed by atoms with E-state index in [1.165, 1.54) is 0 Å². The first-order valence-electron chi connectivity index (χ1n) is 8.66. The van der Waals surface area contributed by atoms with Crippen molar-refractivity contribution in [1.82, 2.24) is 0 Å². The van der Waals surface area contributed by atoms with Crippen LogP contribution in [-0.2, 0) is 11.2 Å². The maximum Gasteiger partial charge on any atom is 0.118 e. The van der Waals surface area contributed by atoms with Gasteiger partial charge in [0.25, 0.3) is 0 Å². The number of ether oxygens (including phenoxy) is 2. The molecule has 27 heavy (non-hydrogen) atoms. The summed E-state index contributed by atoms with van der Waals surface area (Å²) in [5.41, 5.74) is 2.62. The maximum absolute atomic E-state index is 10.4. The number of rotatable bonds is 5. The Kier molecular flexibility index (Phi) is 6.68. The fraction of sp³-hybridized carbons (Fsp3) is 0.400. The van der Waals surface area contributed by atoms with E-state index in [-0.39, 0.29) is 5.75 Å². The van der Waals surface area contributed by atoms with Crippen molar-refractivity contribution in [3.63, 3.8) is 0 Å². The highest BCUT2D eigenvalue weighted by atomic mass is 35.5. The smallest absolute Gasteiger partial charge is 0.118 e. The lowest BCUT2D eigenvalue weighted by atomic mass is 9.90. The van der Waals surface area contributed by atoms with Gasteiger partial charge in [0, 0.05) is 10.8 Å². The van der Waals surface area contributed by atoms with Crippen LogP contribution in [0.4, 0.5) is 0 Å². The molecule has 3 N–H and O–H groups in total. The van der Waals surface area contributed by atoms with Crippen molar-refractivity contribution >= 4 is 24.2 Å². The van der Waals surface area contributed by atoms with Crippen molar-refractivity contribution in [2.24, 2.45) is 0 Å². The molecule has 0 aliphatic carbocycles. The maximum atomic E-state index is 10.4. The Bertz CT molecular complexity index is 767. The standard InChI is InChI=1S/C20H23ClO5S/c1-25-14-5-2-11(3-6-14)8-13-9-12(4-7-15(13)21)20-19(24)18(23)17(22)16(10-27)26-20/h2-7,9,16-20,22-24,27H,8,10H2,1H3/t16-,17-,18+,19-,20+/m1/s1. The molecule has 5 atom stereocenters. The van der Waals surface area contributed by atoms with Gasteiger partial charge in [-0.3, -0.25) is 0 Å². The third-order valence-corrected chi connectivity index (χ3v) is 5.57. The Labute approximate surface area is 168 Å². The molecule has 0 aromatic heterocycles. The predicted molar refractivity (Wildman–Crippen MR) is 107 cm³/mol. The van der Waals surface area contributed by atoms with Crippen LogP contribution in [0, 0.1) is 0 Å². The molecule has 2 aromatic carbocycles. The summed E-state index contributed by atoms with van der Waals surface area (Å²) in [4.78, 5) is 0. The molecule has 1 saturated heterocycles. The average molecular weight is 411 g/mol. The van der Waals surface area contributed by atoms with E-state index in [1.54, 1.807) is 19.2 Å². The first kappa shape index (κ1) is 20.5. The Morgan fingerprint density at radius 3 is 2.37 bits per heavy atom. The summed E-state index contributed by atoms with van der Waals surface area (Å²) in [6.45, 7) is 0. The number of aliphatic hydroxyl groups excluding tert-OH is 3. The molecule has 1 heterocycles. The lowest BCUT2D eigenvalue weighted by Crippen LogP contribution is -2.54. The summed E-state index contributed by atoms with van der Waals surface area (Å²) in [6.07, 6.45) is -4.57. The molecule has 0 radical (unpaired) electrons. The normalized spacial score (nSPS) is 28.1. The zero-order valence-electron chi connectivity index (χ0n) is 14.8. The van der Waals surface area contributed by atoms with Crippen LogP contribution >= 0.6 is 24.2 Å². The zero-order valence-corrected chi connectivity index (χ0v) is 16.5. The second kappa shape index (κ2) is 8.82. The van der Waals surface area contributed by atoms with Crippen LogP contribution in [0.2, 0.25) is 5.02 Å². The topological polar surface area (TPSA) is 79.2 Å². The van der Waals surface area contributed by atoms with Gasteiger partial charge >= 0.3 is 0 Å². The van der Waals surface area contributed by atoms with Gasteiger partial charge in [0.2, 0.25) is 0 Å². The number of hydrogen-bond donors (Lipinski definition) is 4. The molecule has 0 unspecified atom stereocenters. The molecular weight excluding hydrogens is 388 g/mol. The van der Waals surface area contributed by atoms with Gasteiger partial charge in [-0.15, -0.1) is 0 Å². The minimum Gasteiger partial charge on any atom is -0.497 e. The summed E-state index contributed by atoms with van der Waals surface area (Å²) in [5.74, 6) is 1.01. The Hall–Kier alpha value is -1.28. The van der Waals surface area contributed by atoms with Crippen molar-refractivity contribution < 1.29 is 24.8 Å². The van der Waals surface area contributed by atoms with Gasteiger partial charge in [-0.25, -0.2) is 0 Å². The molecular formula is C20H23ClO5S. The van der Waals surface area contributed by atoms with E-state index >= 15 is 0 Å². The van der Waals surface area contributed by atoms with Crippen LogP contribution in [0.5, 0.6) is 5.75 Å². The number of benzene rings is 2. The van der Waals surface area contributed by atoms with Crippen LogP contribution in [0.15, 0.2) is 42.5 Å². The van der Waals surface area contributed by atoms with Crippen LogP contribution < -0.4 is 4.74 Å². The SMILES string of the molecule is COc1ccc(Cc2cc([C@@H]3O[C@H](CS)[C@@H](O)[C@H](O)[C@H]3O)ccc2Cl)cc1. The number of methoxy groups -OCH3 is 1. The van der Waals surface area contributed by atoms with Crippen LogP contribution in [-0.4, -0.2) is 52.6 Å². The first-order valence-corrected chi connectivity index (χ1v) is 9.67. The number of hydrogen-bond acceptors (Lipinski definition) is 6. The largest absolute Gasteiger partial charge is 0.497 e. The Morgan fingerprint density at radius 1 is 1.04 bits per heavy atom. The van der Waals surface area contributed by atoms with E-state index in [0.717, 1.165) is 16.9 Å².